The van der Waals surface area contributed by atoms with Crippen molar-refractivity contribution in [2.75, 3.05) is 27.8 Å². The molecule has 12 heteroatoms. The normalized spacial score (nSPS) is 21.8. The van der Waals surface area contributed by atoms with Crippen molar-refractivity contribution < 1.29 is 42.0 Å². The largest absolute Gasteiger partial charge is 0.467 e. The molecule has 1 aromatic carbocycles. The lowest BCUT2D eigenvalue weighted by molar-refractivity contribution is 0.00578. The Bertz CT molecular complexity index is 1090. The summed E-state index contributed by atoms with van der Waals surface area (Å²) in [6, 6.07) is 9.05. The third-order valence-corrected chi connectivity index (χ3v) is 15.9. The maximum absolute atomic E-state index is 7.62. The number of ether oxygens (including phenoxy) is 4. The molecule has 2 aliphatic heterocycles. The van der Waals surface area contributed by atoms with Crippen molar-refractivity contribution >= 4 is 22.6 Å². The lowest BCUT2D eigenvalue weighted by atomic mass is 9.53. The van der Waals surface area contributed by atoms with Crippen LogP contribution in [0.3, 0.4) is 0 Å². The van der Waals surface area contributed by atoms with Gasteiger partial charge >= 0.3 is 14.2 Å². The van der Waals surface area contributed by atoms with E-state index in [1.165, 1.54) is 0 Å². The molecule has 274 valence electrons. The highest BCUT2D eigenvalue weighted by molar-refractivity contribution is 6.73. The van der Waals surface area contributed by atoms with Gasteiger partial charge in [-0.15, -0.1) is 0 Å². The molecular weight excluding hydrogens is 626 g/mol. The maximum atomic E-state index is 7.62. The smallest absolute Gasteiger partial charge is 0.461 e. The van der Waals surface area contributed by atoms with Crippen LogP contribution in [0.1, 0.15) is 108 Å². The molecule has 1 aromatic rings. The van der Waals surface area contributed by atoms with Gasteiger partial charge in [0.2, 0.25) is 0 Å². The van der Waals surface area contributed by atoms with Crippen molar-refractivity contribution in [3.63, 3.8) is 0 Å². The zero-order valence-electron chi connectivity index (χ0n) is 32.8. The van der Waals surface area contributed by atoms with Crippen molar-refractivity contribution in [2.24, 2.45) is 11.8 Å². The average molecular weight is 693 g/mol. The minimum atomic E-state index is -2.17. The van der Waals surface area contributed by atoms with Crippen LogP contribution in [0.2, 0.25) is 30.3 Å². The molecule has 3 atom stereocenters. The lowest BCUT2D eigenvalue weighted by Crippen LogP contribution is -2.43. The monoisotopic (exact) mass is 692 g/mol. The van der Waals surface area contributed by atoms with Crippen molar-refractivity contribution in [1.82, 2.24) is 0 Å². The zero-order chi connectivity index (χ0) is 36.1. The Kier molecular flexibility index (Phi) is 14.2. The van der Waals surface area contributed by atoms with Crippen LogP contribution in [-0.4, -0.2) is 72.8 Å². The van der Waals surface area contributed by atoms with E-state index in [0.29, 0.717) is 23.7 Å². The predicted octanol–water partition coefficient (Wildman–Crippen LogP) is 8.93. The van der Waals surface area contributed by atoms with E-state index >= 15 is 0 Å². The Hall–Kier alpha value is -1.11. The Morgan fingerprint density at radius 1 is 0.688 bits per heavy atom. The molecule has 2 aliphatic rings. The zero-order valence-corrected chi connectivity index (χ0v) is 33.8. The molecule has 9 nitrogen and oxygen atoms in total. The molecule has 48 heavy (non-hydrogen) atoms. The van der Waals surface area contributed by atoms with Crippen molar-refractivity contribution in [3.05, 3.63) is 23.8 Å². The molecule has 0 aliphatic carbocycles. The summed E-state index contributed by atoms with van der Waals surface area (Å²) >= 11 is 0. The molecule has 0 spiro atoms. The summed E-state index contributed by atoms with van der Waals surface area (Å²) < 4.78 is 57.3. The minimum Gasteiger partial charge on any atom is -0.467 e. The quantitative estimate of drug-likeness (QED) is 0.104. The van der Waals surface area contributed by atoms with Gasteiger partial charge in [0.05, 0.1) is 28.5 Å². The molecule has 2 heterocycles. The van der Waals surface area contributed by atoms with Gasteiger partial charge in [-0.25, -0.2) is 0 Å². The summed E-state index contributed by atoms with van der Waals surface area (Å²) in [7, 11) is 0.131. The molecule has 0 N–H and O–H groups in total. The first-order chi connectivity index (χ1) is 22.3. The van der Waals surface area contributed by atoms with Crippen molar-refractivity contribution in [1.29, 1.82) is 0 Å². The van der Waals surface area contributed by atoms with Crippen LogP contribution in [0.25, 0.3) is 0 Å². The first-order valence-electron chi connectivity index (χ1n) is 18.1. The molecule has 2 fully saturated rings. The number of rotatable bonds is 19. The fourth-order valence-electron chi connectivity index (χ4n) is 6.75. The van der Waals surface area contributed by atoms with Gasteiger partial charge in [-0.1, -0.05) is 34.6 Å². The van der Waals surface area contributed by atoms with E-state index in [2.05, 4.69) is 102 Å². The second-order valence-corrected chi connectivity index (χ2v) is 20.8. The second-order valence-electron chi connectivity index (χ2n) is 16.1. The van der Waals surface area contributed by atoms with Crippen molar-refractivity contribution in [3.8, 4) is 11.5 Å². The average Bonchev–Trinajstić information content (AvgIpc) is 3.36. The van der Waals surface area contributed by atoms with Crippen LogP contribution in [0, 0.1) is 11.8 Å². The van der Waals surface area contributed by atoms with E-state index in [1.807, 2.05) is 6.07 Å². The van der Waals surface area contributed by atoms with Gasteiger partial charge in [-0.05, 0) is 122 Å². The van der Waals surface area contributed by atoms with Gasteiger partial charge in [0.15, 0.2) is 21.9 Å². The van der Waals surface area contributed by atoms with Gasteiger partial charge in [-0.3, -0.25) is 0 Å². The molecule has 2 saturated heterocycles. The van der Waals surface area contributed by atoms with E-state index in [4.69, 9.17) is 42.0 Å². The van der Waals surface area contributed by atoms with E-state index in [9.17, 15) is 0 Å². The third-order valence-electron chi connectivity index (χ3n) is 11.3. The molecule has 0 saturated carbocycles. The maximum Gasteiger partial charge on any atom is 0.461 e. The number of benzene rings is 1. The van der Waals surface area contributed by atoms with Crippen LogP contribution in [-0.2, 0) is 32.5 Å². The molecule has 0 aromatic heterocycles. The van der Waals surface area contributed by atoms with Crippen LogP contribution in [0.5, 0.6) is 11.5 Å². The van der Waals surface area contributed by atoms with Crippen LogP contribution in [0.4, 0.5) is 0 Å². The summed E-state index contributed by atoms with van der Waals surface area (Å²) in [5, 5.41) is 0. The van der Waals surface area contributed by atoms with Gasteiger partial charge < -0.3 is 42.0 Å². The molecule has 0 amide bonds. The highest BCUT2D eigenvalue weighted by Crippen LogP contribution is 2.52. The van der Waals surface area contributed by atoms with Crippen LogP contribution in [0.15, 0.2) is 18.2 Å². The molecule has 3 rings (SSSR count). The third kappa shape index (κ3) is 9.60. The topological polar surface area (TPSA) is 83.1 Å². The van der Waals surface area contributed by atoms with E-state index in [1.54, 1.807) is 14.2 Å². The SMILES string of the molecule is CC[Si](CC)(CC)O[C@@H](c1cc(OCOC)cc(OCOC)c1)[C@@H](CC(C)C)[C@@H](CB1OC(C)(C)C(C)(C)O1)B1OC(C)(C)C(C)(C)O1. The van der Waals surface area contributed by atoms with E-state index in [0.717, 1.165) is 30.1 Å². The molecule has 0 radical (unpaired) electrons. The second kappa shape index (κ2) is 16.5. The highest BCUT2D eigenvalue weighted by atomic mass is 28.4. The Morgan fingerprint density at radius 3 is 1.52 bits per heavy atom. The summed E-state index contributed by atoms with van der Waals surface area (Å²) in [6.07, 6.45) is 1.16. The van der Waals surface area contributed by atoms with E-state index < -0.39 is 45.0 Å². The molecule has 0 unspecified atom stereocenters. The molecular formula is C36H66B2O9Si. The fraction of sp³-hybridized carbons (Fsp3) is 0.833. The van der Waals surface area contributed by atoms with Crippen molar-refractivity contribution in [2.45, 2.75) is 155 Å². The van der Waals surface area contributed by atoms with Gasteiger partial charge in [-0.2, -0.15) is 0 Å². The standard InChI is InChI=1S/C36H66B2O9Si/c1-16-48(17-2,18-3)43-32(27-20-28(41-24-39-14)22-29(21-27)42-25-40-15)30(19-26(4)5)31(38-46-35(10,11)36(12,13)47-38)23-37-44-33(6,7)34(8,9)45-37/h20-22,26,30-32H,16-19,23-25H2,1-15H3/t30-,31+,32-/m0/s1. The summed E-state index contributed by atoms with van der Waals surface area (Å²) in [6.45, 7) is 28.5. The van der Waals surface area contributed by atoms with Gasteiger partial charge in [0, 0.05) is 20.3 Å². The Balaban J connectivity index is 2.27. The van der Waals surface area contributed by atoms with E-state index in [-0.39, 0.29) is 31.4 Å². The minimum absolute atomic E-state index is 0.0248. The first-order valence-corrected chi connectivity index (χ1v) is 20.6. The summed E-state index contributed by atoms with van der Waals surface area (Å²) in [5.41, 5.74) is -0.945. The number of methoxy groups -OCH3 is 2. The summed E-state index contributed by atoms with van der Waals surface area (Å²) in [4.78, 5) is 0. The van der Waals surface area contributed by atoms with Gasteiger partial charge in [0.1, 0.15) is 11.5 Å². The lowest BCUT2D eigenvalue weighted by Gasteiger charge is -2.42. The highest BCUT2D eigenvalue weighted by Gasteiger charge is 2.59. The van der Waals surface area contributed by atoms with Crippen LogP contribution >= 0.6 is 0 Å². The van der Waals surface area contributed by atoms with Gasteiger partial charge in [0.25, 0.3) is 0 Å². The Labute approximate surface area is 294 Å². The van der Waals surface area contributed by atoms with Crippen LogP contribution < -0.4 is 9.47 Å². The number of hydrogen-bond acceptors (Lipinski definition) is 9. The molecule has 0 bridgehead atoms. The first kappa shape index (κ1) is 41.3. The Morgan fingerprint density at radius 2 is 1.12 bits per heavy atom. The summed E-state index contributed by atoms with van der Waals surface area (Å²) in [5.74, 6) is 1.50. The predicted molar refractivity (Wildman–Crippen MR) is 196 cm³/mol. The number of hydrogen-bond donors (Lipinski definition) is 0. The fourth-order valence-corrected chi connectivity index (χ4v) is 9.60.